The fourth-order valence-electron chi connectivity index (χ4n) is 2.95. The molecule has 2 amide bonds. The van der Waals surface area contributed by atoms with Crippen molar-refractivity contribution in [3.63, 3.8) is 0 Å². The molecule has 0 saturated heterocycles. The molecule has 0 atom stereocenters. The van der Waals surface area contributed by atoms with Crippen molar-refractivity contribution in [3.05, 3.63) is 63.2 Å². The standard InChI is InChI=1S/C21H24N6O4/c1-12-11-17(27(26-12)21-23-14(3)13(2)18(28)25-21)24-20(30)19(29)22-10-9-15-7-5-6-8-16(15)31-4/h5-8,11H,9-10H2,1-4H3,(H,22,29)(H,24,30)(H,23,25,28). The molecule has 0 saturated carbocycles. The van der Waals surface area contributed by atoms with Crippen LogP contribution in [0.25, 0.3) is 5.95 Å². The number of amides is 2. The molecule has 10 nitrogen and oxygen atoms in total. The normalized spacial score (nSPS) is 10.6. The van der Waals surface area contributed by atoms with E-state index < -0.39 is 11.8 Å². The molecule has 0 unspecified atom stereocenters. The first-order valence-electron chi connectivity index (χ1n) is 9.65. The molecule has 0 radical (unpaired) electrons. The molecule has 0 fully saturated rings. The maximum absolute atomic E-state index is 12.4. The zero-order valence-corrected chi connectivity index (χ0v) is 17.8. The van der Waals surface area contributed by atoms with Gasteiger partial charge in [-0.15, -0.1) is 0 Å². The van der Waals surface area contributed by atoms with Gasteiger partial charge in [-0.25, -0.2) is 4.98 Å². The van der Waals surface area contributed by atoms with E-state index in [0.29, 0.717) is 23.4 Å². The molecular formula is C21H24N6O4. The zero-order chi connectivity index (χ0) is 22.5. The second-order valence-electron chi connectivity index (χ2n) is 6.95. The Bertz CT molecular complexity index is 1180. The minimum atomic E-state index is -0.854. The number of nitrogens with zero attached hydrogens (tertiary/aromatic N) is 3. The van der Waals surface area contributed by atoms with Crippen molar-refractivity contribution in [1.82, 2.24) is 25.1 Å². The van der Waals surface area contributed by atoms with Gasteiger partial charge in [0.05, 0.1) is 12.8 Å². The summed E-state index contributed by atoms with van der Waals surface area (Å²) in [6.07, 6.45) is 0.508. The van der Waals surface area contributed by atoms with Gasteiger partial charge in [0.15, 0.2) is 0 Å². The lowest BCUT2D eigenvalue weighted by molar-refractivity contribution is -0.136. The number of hydrogen-bond donors (Lipinski definition) is 3. The summed E-state index contributed by atoms with van der Waals surface area (Å²) in [6.45, 7) is 5.35. The summed E-state index contributed by atoms with van der Waals surface area (Å²) >= 11 is 0. The molecule has 10 heteroatoms. The lowest BCUT2D eigenvalue weighted by atomic mass is 10.1. The minimum Gasteiger partial charge on any atom is -0.496 e. The van der Waals surface area contributed by atoms with E-state index in [9.17, 15) is 14.4 Å². The summed E-state index contributed by atoms with van der Waals surface area (Å²) in [4.78, 5) is 43.6. The third-order valence-corrected chi connectivity index (χ3v) is 4.73. The Morgan fingerprint density at radius 1 is 1.16 bits per heavy atom. The molecule has 0 aliphatic rings. The first kappa shape index (κ1) is 21.8. The smallest absolute Gasteiger partial charge is 0.314 e. The van der Waals surface area contributed by atoms with Gasteiger partial charge in [0, 0.05) is 23.9 Å². The van der Waals surface area contributed by atoms with Crippen LogP contribution in [0.5, 0.6) is 5.75 Å². The predicted octanol–water partition coefficient (Wildman–Crippen LogP) is 1.19. The van der Waals surface area contributed by atoms with E-state index in [1.807, 2.05) is 24.3 Å². The minimum absolute atomic E-state index is 0.146. The van der Waals surface area contributed by atoms with Crippen LogP contribution < -0.4 is 20.9 Å². The van der Waals surface area contributed by atoms with Crippen LogP contribution >= 0.6 is 0 Å². The molecule has 31 heavy (non-hydrogen) atoms. The fraction of sp³-hybridized carbons (Fsp3) is 0.286. The van der Waals surface area contributed by atoms with E-state index in [-0.39, 0.29) is 23.9 Å². The summed E-state index contributed by atoms with van der Waals surface area (Å²) < 4.78 is 6.56. The highest BCUT2D eigenvalue weighted by Gasteiger charge is 2.18. The Kier molecular flexibility index (Phi) is 6.49. The number of anilines is 1. The number of aromatic nitrogens is 4. The molecule has 3 N–H and O–H groups in total. The van der Waals surface area contributed by atoms with Crippen LogP contribution in [-0.4, -0.2) is 45.2 Å². The maximum Gasteiger partial charge on any atom is 0.314 e. The Hall–Kier alpha value is -3.95. The molecule has 3 aromatic rings. The number of H-pyrrole nitrogens is 1. The lowest BCUT2D eigenvalue weighted by Crippen LogP contribution is -2.37. The number of carbonyl (C=O) groups excluding carboxylic acids is 2. The third kappa shape index (κ3) is 4.97. The van der Waals surface area contributed by atoms with Crippen molar-refractivity contribution in [1.29, 1.82) is 0 Å². The number of hydrogen-bond acceptors (Lipinski definition) is 6. The fourth-order valence-corrected chi connectivity index (χ4v) is 2.95. The van der Waals surface area contributed by atoms with Gasteiger partial charge in [-0.3, -0.25) is 19.4 Å². The van der Waals surface area contributed by atoms with Crippen molar-refractivity contribution in [2.45, 2.75) is 27.2 Å². The predicted molar refractivity (Wildman–Crippen MR) is 115 cm³/mol. The van der Waals surface area contributed by atoms with Crippen molar-refractivity contribution in [3.8, 4) is 11.7 Å². The van der Waals surface area contributed by atoms with Gasteiger partial charge in [-0.2, -0.15) is 9.78 Å². The van der Waals surface area contributed by atoms with Gasteiger partial charge in [0.25, 0.3) is 5.56 Å². The number of aromatic amines is 1. The van der Waals surface area contributed by atoms with Gasteiger partial charge in [-0.05, 0) is 38.8 Å². The van der Waals surface area contributed by atoms with Gasteiger partial charge in [0.1, 0.15) is 11.6 Å². The Labute approximate surface area is 178 Å². The first-order chi connectivity index (χ1) is 14.8. The van der Waals surface area contributed by atoms with Crippen molar-refractivity contribution < 1.29 is 14.3 Å². The third-order valence-electron chi connectivity index (χ3n) is 4.73. The Morgan fingerprint density at radius 3 is 2.61 bits per heavy atom. The van der Waals surface area contributed by atoms with E-state index in [2.05, 4.69) is 25.7 Å². The average Bonchev–Trinajstić information content (AvgIpc) is 3.11. The van der Waals surface area contributed by atoms with E-state index >= 15 is 0 Å². The average molecular weight is 424 g/mol. The number of para-hydroxylation sites is 1. The molecule has 0 bridgehead atoms. The van der Waals surface area contributed by atoms with Gasteiger partial charge >= 0.3 is 11.8 Å². The van der Waals surface area contributed by atoms with Crippen LogP contribution in [0.15, 0.2) is 35.1 Å². The molecular weight excluding hydrogens is 400 g/mol. The van der Waals surface area contributed by atoms with Crippen molar-refractivity contribution in [2.24, 2.45) is 0 Å². The highest BCUT2D eigenvalue weighted by atomic mass is 16.5. The summed E-state index contributed by atoms with van der Waals surface area (Å²) in [7, 11) is 1.58. The number of methoxy groups -OCH3 is 1. The maximum atomic E-state index is 12.4. The largest absolute Gasteiger partial charge is 0.496 e. The number of carbonyl (C=O) groups is 2. The van der Waals surface area contributed by atoms with Gasteiger partial charge < -0.3 is 15.4 Å². The summed E-state index contributed by atoms with van der Waals surface area (Å²) in [5, 5.41) is 9.35. The summed E-state index contributed by atoms with van der Waals surface area (Å²) in [6, 6.07) is 9.04. The topological polar surface area (TPSA) is 131 Å². The molecule has 162 valence electrons. The van der Waals surface area contributed by atoms with Gasteiger partial charge in [-0.1, -0.05) is 18.2 Å². The van der Waals surface area contributed by atoms with Crippen LogP contribution in [0.3, 0.4) is 0 Å². The Morgan fingerprint density at radius 2 is 1.90 bits per heavy atom. The number of ether oxygens (including phenoxy) is 1. The van der Waals surface area contributed by atoms with Crippen molar-refractivity contribution in [2.75, 3.05) is 19.0 Å². The van der Waals surface area contributed by atoms with Crippen LogP contribution in [-0.2, 0) is 16.0 Å². The van der Waals surface area contributed by atoms with E-state index in [1.165, 1.54) is 4.68 Å². The zero-order valence-electron chi connectivity index (χ0n) is 17.8. The number of aryl methyl sites for hydroxylation is 2. The first-order valence-corrected chi connectivity index (χ1v) is 9.65. The molecule has 2 heterocycles. The molecule has 3 rings (SSSR count). The molecule has 2 aromatic heterocycles. The van der Waals surface area contributed by atoms with Gasteiger partial charge in [0.2, 0.25) is 5.95 Å². The highest BCUT2D eigenvalue weighted by Crippen LogP contribution is 2.17. The monoisotopic (exact) mass is 424 g/mol. The summed E-state index contributed by atoms with van der Waals surface area (Å²) in [5.74, 6) is -0.563. The van der Waals surface area contributed by atoms with Crippen LogP contribution in [0.2, 0.25) is 0 Å². The number of benzene rings is 1. The second-order valence-corrected chi connectivity index (χ2v) is 6.95. The highest BCUT2D eigenvalue weighted by molar-refractivity contribution is 6.39. The van der Waals surface area contributed by atoms with E-state index in [4.69, 9.17) is 4.74 Å². The number of rotatable bonds is 6. The van der Waals surface area contributed by atoms with E-state index in [1.54, 1.807) is 33.9 Å². The number of nitrogens with one attached hydrogen (secondary N) is 3. The molecule has 0 aliphatic carbocycles. The van der Waals surface area contributed by atoms with Crippen LogP contribution in [0.4, 0.5) is 5.82 Å². The molecule has 1 aromatic carbocycles. The van der Waals surface area contributed by atoms with Crippen molar-refractivity contribution >= 4 is 17.6 Å². The van der Waals surface area contributed by atoms with Crippen LogP contribution in [0, 0.1) is 20.8 Å². The SMILES string of the molecule is COc1ccccc1CCNC(=O)C(=O)Nc1cc(C)nn1-c1nc(C)c(C)c(=O)[nH]1. The van der Waals surface area contributed by atoms with Crippen LogP contribution in [0.1, 0.15) is 22.5 Å². The lowest BCUT2D eigenvalue weighted by Gasteiger charge is -2.10. The quantitative estimate of drug-likeness (QED) is 0.510. The second kappa shape index (κ2) is 9.24. The van der Waals surface area contributed by atoms with E-state index in [0.717, 1.165) is 11.3 Å². The summed E-state index contributed by atoms with van der Waals surface area (Å²) in [5.41, 5.74) is 2.23. The molecule has 0 aliphatic heterocycles. The Balaban J connectivity index is 1.68. The molecule has 0 spiro atoms.